The van der Waals surface area contributed by atoms with Crippen molar-refractivity contribution in [1.82, 2.24) is 15.5 Å². The third-order valence-electron chi connectivity index (χ3n) is 16.5. The summed E-state index contributed by atoms with van der Waals surface area (Å²) in [5.41, 5.74) is 1.15. The summed E-state index contributed by atoms with van der Waals surface area (Å²) in [5.74, 6) is 4.70. The van der Waals surface area contributed by atoms with E-state index in [0.717, 1.165) is 93.3 Å². The number of alkyl carbamates (subject to hydrolysis) is 2. The first kappa shape index (κ1) is 54.8. The van der Waals surface area contributed by atoms with Gasteiger partial charge < -0.3 is 29.7 Å². The molecule has 10 unspecified atom stereocenters. The van der Waals surface area contributed by atoms with E-state index in [1.165, 1.54) is 56.9 Å². The van der Waals surface area contributed by atoms with Gasteiger partial charge in [-0.2, -0.15) is 0 Å². The van der Waals surface area contributed by atoms with Crippen LogP contribution in [0.1, 0.15) is 225 Å². The number of nitrogens with zero attached hydrogens (tertiary/aromatic N) is 1. The van der Waals surface area contributed by atoms with Crippen LogP contribution in [0.2, 0.25) is 0 Å². The van der Waals surface area contributed by atoms with Crippen molar-refractivity contribution in [2.75, 3.05) is 13.1 Å². The molecule has 0 saturated heterocycles. The summed E-state index contributed by atoms with van der Waals surface area (Å²) in [5, 5.41) is 5.83. The second kappa shape index (κ2) is 24.5. The number of esters is 1. The third-order valence-corrected chi connectivity index (χ3v) is 16.5. The molecule has 3 fully saturated rings. The second-order valence-corrected chi connectivity index (χ2v) is 24.3. The predicted molar refractivity (Wildman–Crippen MR) is 263 cm³/mol. The van der Waals surface area contributed by atoms with E-state index in [1.54, 1.807) is 0 Å². The molecule has 0 aliphatic heterocycles. The van der Waals surface area contributed by atoms with Crippen molar-refractivity contribution in [3.63, 3.8) is 0 Å². The molecule has 65 heavy (non-hydrogen) atoms. The maximum absolute atomic E-state index is 13.7. The second-order valence-electron chi connectivity index (χ2n) is 24.3. The van der Waals surface area contributed by atoms with Crippen LogP contribution in [0.4, 0.5) is 9.59 Å². The number of amides is 3. The van der Waals surface area contributed by atoms with Crippen molar-refractivity contribution in [2.45, 2.75) is 254 Å². The topological polar surface area (TPSA) is 123 Å². The lowest BCUT2D eigenvalue weighted by Crippen LogP contribution is -2.50. The summed E-state index contributed by atoms with van der Waals surface area (Å²) < 4.78 is 17.0. The van der Waals surface area contributed by atoms with Crippen LogP contribution in [-0.2, 0) is 23.8 Å². The summed E-state index contributed by atoms with van der Waals surface area (Å²) in [7, 11) is 0. The van der Waals surface area contributed by atoms with Crippen molar-refractivity contribution in [2.24, 2.45) is 46.3 Å². The Hall–Kier alpha value is -2.78. The Morgan fingerprint density at radius 3 is 1.98 bits per heavy atom. The molecule has 374 valence electrons. The van der Waals surface area contributed by atoms with E-state index in [2.05, 4.69) is 51.3 Å². The fraction of sp³-hybridized carbons (Fsp3) is 0.891. The fourth-order valence-electron chi connectivity index (χ4n) is 12.3. The van der Waals surface area contributed by atoms with Gasteiger partial charge in [-0.1, -0.05) is 84.8 Å². The molecule has 4 aliphatic rings. The average Bonchev–Trinajstić information content (AvgIpc) is 3.52. The number of fused-ring (bicyclic) bond motifs is 5. The Balaban J connectivity index is 1.22. The quantitative estimate of drug-likeness (QED) is 0.0453. The van der Waals surface area contributed by atoms with Gasteiger partial charge in [-0.15, -0.1) is 0 Å². The monoisotopic (exact) mass is 912 g/mol. The van der Waals surface area contributed by atoms with E-state index in [-0.39, 0.29) is 48.0 Å². The van der Waals surface area contributed by atoms with Crippen LogP contribution in [0, 0.1) is 46.3 Å². The first-order chi connectivity index (χ1) is 30.4. The Kier molecular flexibility index (Phi) is 20.7. The Labute approximate surface area is 397 Å². The number of ether oxygens (including phenoxy) is 3. The Bertz CT molecular complexity index is 1560. The first-order valence-electron chi connectivity index (χ1n) is 26.6. The highest BCUT2D eigenvalue weighted by atomic mass is 16.6. The third kappa shape index (κ3) is 17.0. The summed E-state index contributed by atoms with van der Waals surface area (Å²) in [6.07, 6.45) is 22.9. The van der Waals surface area contributed by atoms with Gasteiger partial charge in [0.25, 0.3) is 0 Å². The van der Waals surface area contributed by atoms with E-state index in [4.69, 9.17) is 14.2 Å². The van der Waals surface area contributed by atoms with E-state index >= 15 is 0 Å². The smallest absolute Gasteiger partial charge is 0.407 e. The lowest BCUT2D eigenvalue weighted by Gasteiger charge is -2.58. The number of allylic oxidation sites excluding steroid dienone is 1. The lowest BCUT2D eigenvalue weighted by atomic mass is 9.47. The van der Waals surface area contributed by atoms with Gasteiger partial charge in [0.05, 0.1) is 0 Å². The molecule has 4 aliphatic carbocycles. The van der Waals surface area contributed by atoms with Gasteiger partial charge in [-0.05, 0) is 179 Å². The maximum Gasteiger partial charge on any atom is 0.407 e. The van der Waals surface area contributed by atoms with Gasteiger partial charge in [0.1, 0.15) is 17.3 Å². The zero-order valence-corrected chi connectivity index (χ0v) is 43.8. The Morgan fingerprint density at radius 2 is 1.34 bits per heavy atom. The molecular weight excluding hydrogens is 815 g/mol. The highest BCUT2D eigenvalue weighted by Crippen LogP contribution is 2.67. The number of carbonyl (C=O) groups excluding carboxylic acids is 4. The largest absolute Gasteiger partial charge is 0.462 e. The average molecular weight is 912 g/mol. The number of hydrogen-bond acceptors (Lipinski definition) is 7. The molecule has 2 N–H and O–H groups in total. The van der Waals surface area contributed by atoms with Crippen molar-refractivity contribution in [3.05, 3.63) is 11.6 Å². The van der Waals surface area contributed by atoms with Crippen LogP contribution in [0.25, 0.3) is 0 Å². The van der Waals surface area contributed by atoms with Gasteiger partial charge in [-0.25, -0.2) is 9.59 Å². The minimum atomic E-state index is -0.586. The standard InChI is InChI=1S/C55H97N3O7/c1-38(2)39(3)21-19-23-42-27-29-46-45-28-26-43-37-44(30-33-55(43,13)47(45)31-34-54(42,46)12)63-49(60)25-20-24-48(59)58(36-32-41(5)57-51(62)65-53(9,10)11)35-18-16-14-15-17-22-40(4)56-50(61)64-52(6,7)8/h26,38-42,44-47H,14-25,27-37H2,1-13H3,(H,56,61)(H,57,62). The van der Waals surface area contributed by atoms with Crippen LogP contribution in [0.5, 0.6) is 0 Å². The Morgan fingerprint density at radius 1 is 0.708 bits per heavy atom. The molecule has 10 nitrogen and oxygen atoms in total. The van der Waals surface area contributed by atoms with Crippen LogP contribution in [-0.4, -0.2) is 71.4 Å². The van der Waals surface area contributed by atoms with Crippen molar-refractivity contribution >= 4 is 24.1 Å². The SMILES string of the molecule is CC(CCCCCCCN(CCC(C)NC(=O)OC(C)(C)C)C(=O)CCCC(=O)OC1CCC2(C)C(=CCC3C2CCC2(C)C(CCCC(C)C(C)C)CCC32)C1)NC(=O)OC(C)(C)C. The van der Waals surface area contributed by atoms with Crippen LogP contribution in [0.3, 0.4) is 0 Å². The summed E-state index contributed by atoms with van der Waals surface area (Å²) in [6, 6.07) is -0.125. The summed E-state index contributed by atoms with van der Waals surface area (Å²) in [4.78, 5) is 53.4. The highest BCUT2D eigenvalue weighted by molar-refractivity contribution is 5.77. The van der Waals surface area contributed by atoms with E-state index in [1.807, 2.05) is 60.3 Å². The zero-order chi connectivity index (χ0) is 48.2. The molecule has 10 heteroatoms. The van der Waals surface area contributed by atoms with Gasteiger partial charge >= 0.3 is 18.2 Å². The van der Waals surface area contributed by atoms with Gasteiger partial charge in [0, 0.05) is 44.4 Å². The zero-order valence-electron chi connectivity index (χ0n) is 43.8. The van der Waals surface area contributed by atoms with Crippen molar-refractivity contribution in [3.8, 4) is 0 Å². The molecular formula is C55H97N3O7. The van der Waals surface area contributed by atoms with Gasteiger partial charge in [0.2, 0.25) is 5.91 Å². The van der Waals surface area contributed by atoms with Crippen LogP contribution in [0.15, 0.2) is 11.6 Å². The molecule has 4 rings (SSSR count). The fourth-order valence-corrected chi connectivity index (χ4v) is 12.3. The first-order valence-corrected chi connectivity index (χ1v) is 26.6. The number of carbonyl (C=O) groups is 4. The van der Waals surface area contributed by atoms with Crippen molar-refractivity contribution in [1.29, 1.82) is 0 Å². The molecule has 0 aromatic carbocycles. The molecule has 0 aromatic rings. The molecule has 0 heterocycles. The highest BCUT2D eigenvalue weighted by Gasteiger charge is 2.58. The summed E-state index contributed by atoms with van der Waals surface area (Å²) in [6.45, 7) is 28.6. The normalized spacial score (nSPS) is 27.8. The van der Waals surface area contributed by atoms with Gasteiger partial charge in [-0.3, -0.25) is 9.59 Å². The number of rotatable bonds is 23. The lowest BCUT2D eigenvalue weighted by molar-refractivity contribution is -0.151. The maximum atomic E-state index is 13.7. The summed E-state index contributed by atoms with van der Waals surface area (Å²) >= 11 is 0. The van der Waals surface area contributed by atoms with Crippen molar-refractivity contribution < 1.29 is 33.4 Å². The number of unbranched alkanes of at least 4 members (excludes halogenated alkanes) is 4. The minimum absolute atomic E-state index is 0.0394. The van der Waals surface area contributed by atoms with Crippen LogP contribution >= 0.6 is 0 Å². The van der Waals surface area contributed by atoms with E-state index in [9.17, 15) is 19.2 Å². The molecule has 3 saturated carbocycles. The predicted octanol–water partition coefficient (Wildman–Crippen LogP) is 13.5. The van der Waals surface area contributed by atoms with Crippen LogP contribution < -0.4 is 10.6 Å². The minimum Gasteiger partial charge on any atom is -0.462 e. The van der Waals surface area contributed by atoms with Gasteiger partial charge in [0.15, 0.2) is 0 Å². The number of hydrogen-bond donors (Lipinski definition) is 2. The molecule has 0 radical (unpaired) electrons. The molecule has 0 aromatic heterocycles. The molecule has 3 amide bonds. The molecule has 0 spiro atoms. The van der Waals surface area contributed by atoms with E-state index in [0.29, 0.717) is 37.8 Å². The molecule has 0 bridgehead atoms. The molecule has 10 atom stereocenters. The van der Waals surface area contributed by atoms with E-state index < -0.39 is 17.3 Å². The number of nitrogens with one attached hydrogen (secondary N) is 2.